The second-order valence-electron chi connectivity index (χ2n) is 4.10. The quantitative estimate of drug-likeness (QED) is 0.887. The number of hydrogen-bond acceptors (Lipinski definition) is 4. The Balaban J connectivity index is 1.72. The molecule has 3 rings (SSSR count). The van der Waals surface area contributed by atoms with Crippen LogP contribution in [0.15, 0.2) is 28.2 Å². The third-order valence-corrected chi connectivity index (χ3v) is 3.78. The maximum atomic E-state index is 5.33. The Morgan fingerprint density at radius 3 is 3.31 bits per heavy atom. The van der Waals surface area contributed by atoms with Crippen LogP contribution in [0.1, 0.15) is 17.8 Å². The topological polar surface area (TPSA) is 38.1 Å². The largest absolute Gasteiger partial charge is 0.463 e. The van der Waals surface area contributed by atoms with Gasteiger partial charge in [-0.3, -0.25) is 0 Å². The molecule has 0 bridgehead atoms. The van der Waals surface area contributed by atoms with Gasteiger partial charge in [0.15, 0.2) is 5.76 Å². The van der Waals surface area contributed by atoms with E-state index in [4.69, 9.17) is 4.42 Å². The van der Waals surface area contributed by atoms with Crippen LogP contribution in [0, 0.1) is 0 Å². The first-order valence-electron chi connectivity index (χ1n) is 5.63. The Morgan fingerprint density at radius 1 is 1.56 bits per heavy atom. The highest BCUT2D eigenvalue weighted by atomic mass is 32.1. The summed E-state index contributed by atoms with van der Waals surface area (Å²) in [5.74, 6) is 0.863. The second-order valence-corrected chi connectivity index (χ2v) is 5.04. The van der Waals surface area contributed by atoms with Crippen molar-refractivity contribution >= 4 is 11.3 Å². The summed E-state index contributed by atoms with van der Waals surface area (Å²) in [5, 5.41) is 6.76. The first kappa shape index (κ1) is 10.1. The molecule has 2 aromatic heterocycles. The van der Waals surface area contributed by atoms with Gasteiger partial charge in [-0.15, -0.1) is 11.3 Å². The predicted molar refractivity (Wildman–Crippen MR) is 64.5 cm³/mol. The Kier molecular flexibility index (Phi) is 2.76. The van der Waals surface area contributed by atoms with Crippen molar-refractivity contribution in [3.8, 4) is 11.5 Å². The molecule has 1 unspecified atom stereocenters. The van der Waals surface area contributed by atoms with Gasteiger partial charge in [0.1, 0.15) is 5.69 Å². The number of nitrogens with zero attached hydrogens (tertiary/aromatic N) is 1. The lowest BCUT2D eigenvalue weighted by Gasteiger charge is -2.06. The Morgan fingerprint density at radius 2 is 2.56 bits per heavy atom. The highest BCUT2D eigenvalue weighted by Gasteiger charge is 2.16. The van der Waals surface area contributed by atoms with E-state index in [0.717, 1.165) is 24.4 Å². The number of nitrogens with one attached hydrogen (secondary N) is 1. The van der Waals surface area contributed by atoms with Crippen LogP contribution in [-0.4, -0.2) is 17.6 Å². The van der Waals surface area contributed by atoms with Crippen molar-refractivity contribution in [2.75, 3.05) is 6.54 Å². The fraction of sp³-hybridized carbons (Fsp3) is 0.417. The maximum absolute atomic E-state index is 5.33. The van der Waals surface area contributed by atoms with Gasteiger partial charge >= 0.3 is 0 Å². The van der Waals surface area contributed by atoms with Crippen molar-refractivity contribution in [3.63, 3.8) is 0 Å². The number of hydrogen-bond donors (Lipinski definition) is 1. The molecular formula is C12H14N2OS. The molecular weight excluding hydrogens is 220 g/mol. The summed E-state index contributed by atoms with van der Waals surface area (Å²) in [6.45, 7) is 1.15. The lowest BCUT2D eigenvalue weighted by atomic mass is 10.2. The van der Waals surface area contributed by atoms with E-state index in [1.54, 1.807) is 17.6 Å². The van der Waals surface area contributed by atoms with E-state index < -0.39 is 0 Å². The summed E-state index contributed by atoms with van der Waals surface area (Å²) in [6.07, 6.45) is 5.30. The zero-order valence-corrected chi connectivity index (χ0v) is 9.80. The fourth-order valence-electron chi connectivity index (χ4n) is 2.08. The minimum Gasteiger partial charge on any atom is -0.463 e. The summed E-state index contributed by atoms with van der Waals surface area (Å²) in [4.78, 5) is 4.60. The first-order chi connectivity index (χ1) is 7.92. The third-order valence-electron chi connectivity index (χ3n) is 2.91. The van der Waals surface area contributed by atoms with E-state index in [9.17, 15) is 0 Å². The highest BCUT2D eigenvalue weighted by molar-refractivity contribution is 7.09. The average molecular weight is 234 g/mol. The molecule has 16 heavy (non-hydrogen) atoms. The van der Waals surface area contributed by atoms with E-state index in [2.05, 4.69) is 15.7 Å². The van der Waals surface area contributed by atoms with Gasteiger partial charge < -0.3 is 9.73 Å². The molecule has 1 aliphatic heterocycles. The molecule has 1 N–H and O–H groups in total. The molecule has 1 saturated heterocycles. The standard InChI is InChI=1S/C12H14N2OS/c1-3-9(13-5-1)7-12-14-10(8-16-12)11-4-2-6-15-11/h2,4,6,8-9,13H,1,3,5,7H2. The summed E-state index contributed by atoms with van der Waals surface area (Å²) < 4.78 is 5.33. The van der Waals surface area contributed by atoms with Gasteiger partial charge in [0, 0.05) is 17.8 Å². The van der Waals surface area contributed by atoms with Crippen LogP contribution >= 0.6 is 11.3 Å². The van der Waals surface area contributed by atoms with Crippen molar-refractivity contribution in [2.24, 2.45) is 0 Å². The van der Waals surface area contributed by atoms with Crippen LogP contribution in [0.4, 0.5) is 0 Å². The van der Waals surface area contributed by atoms with Crippen molar-refractivity contribution < 1.29 is 4.42 Å². The van der Waals surface area contributed by atoms with Gasteiger partial charge in [0.2, 0.25) is 0 Å². The van der Waals surface area contributed by atoms with E-state index in [-0.39, 0.29) is 0 Å². The SMILES string of the molecule is c1coc(-c2csc(CC3CCCN3)n2)c1. The van der Waals surface area contributed by atoms with Gasteiger partial charge in [-0.05, 0) is 31.5 Å². The molecule has 3 nitrogen and oxygen atoms in total. The monoisotopic (exact) mass is 234 g/mol. The van der Waals surface area contributed by atoms with E-state index in [1.807, 2.05) is 12.1 Å². The van der Waals surface area contributed by atoms with Crippen molar-refractivity contribution in [1.29, 1.82) is 0 Å². The van der Waals surface area contributed by atoms with Crippen LogP contribution in [0.3, 0.4) is 0 Å². The van der Waals surface area contributed by atoms with Gasteiger partial charge in [-0.25, -0.2) is 4.98 Å². The molecule has 4 heteroatoms. The molecule has 2 aromatic rings. The lowest BCUT2D eigenvalue weighted by Crippen LogP contribution is -2.23. The molecule has 1 fully saturated rings. The molecule has 3 heterocycles. The summed E-state index contributed by atoms with van der Waals surface area (Å²) in [6, 6.07) is 4.47. The predicted octanol–water partition coefficient (Wildman–Crippen LogP) is 2.70. The highest BCUT2D eigenvalue weighted by Crippen LogP contribution is 2.23. The van der Waals surface area contributed by atoms with Gasteiger partial charge in [0.25, 0.3) is 0 Å². The number of rotatable bonds is 3. The van der Waals surface area contributed by atoms with Crippen molar-refractivity contribution in [1.82, 2.24) is 10.3 Å². The van der Waals surface area contributed by atoms with Crippen LogP contribution < -0.4 is 5.32 Å². The van der Waals surface area contributed by atoms with Crippen LogP contribution in [0.2, 0.25) is 0 Å². The van der Waals surface area contributed by atoms with Gasteiger partial charge in [-0.1, -0.05) is 0 Å². The minimum absolute atomic E-state index is 0.621. The molecule has 84 valence electrons. The summed E-state index contributed by atoms with van der Waals surface area (Å²) in [5.41, 5.74) is 0.961. The minimum atomic E-state index is 0.621. The zero-order chi connectivity index (χ0) is 10.8. The Labute approximate surface area is 98.5 Å². The second kappa shape index (κ2) is 4.39. The smallest absolute Gasteiger partial charge is 0.153 e. The molecule has 1 aliphatic rings. The van der Waals surface area contributed by atoms with Gasteiger partial charge in [-0.2, -0.15) is 0 Å². The fourth-order valence-corrected chi connectivity index (χ4v) is 2.95. The van der Waals surface area contributed by atoms with Crippen molar-refractivity contribution in [3.05, 3.63) is 28.8 Å². The van der Waals surface area contributed by atoms with Crippen molar-refractivity contribution in [2.45, 2.75) is 25.3 Å². The molecule has 0 amide bonds. The van der Waals surface area contributed by atoms with E-state index in [0.29, 0.717) is 6.04 Å². The number of furan rings is 1. The molecule has 0 radical (unpaired) electrons. The third kappa shape index (κ3) is 2.03. The van der Waals surface area contributed by atoms with Crippen LogP contribution in [0.25, 0.3) is 11.5 Å². The molecule has 1 atom stereocenters. The average Bonchev–Trinajstić information content (AvgIpc) is 2.99. The zero-order valence-electron chi connectivity index (χ0n) is 8.98. The number of thiazole rings is 1. The summed E-state index contributed by atoms with van der Waals surface area (Å²) in [7, 11) is 0. The normalized spacial score (nSPS) is 20.4. The van der Waals surface area contributed by atoms with Crippen LogP contribution in [-0.2, 0) is 6.42 Å². The number of aromatic nitrogens is 1. The molecule has 0 spiro atoms. The van der Waals surface area contributed by atoms with Crippen LogP contribution in [0.5, 0.6) is 0 Å². The molecule has 0 aromatic carbocycles. The first-order valence-corrected chi connectivity index (χ1v) is 6.51. The molecule has 0 aliphatic carbocycles. The molecule has 0 saturated carbocycles. The lowest BCUT2D eigenvalue weighted by molar-refractivity contribution is 0.578. The Bertz CT molecular complexity index is 443. The maximum Gasteiger partial charge on any atom is 0.153 e. The summed E-state index contributed by atoms with van der Waals surface area (Å²) >= 11 is 1.72. The van der Waals surface area contributed by atoms with Gasteiger partial charge in [0.05, 0.1) is 11.3 Å². The van der Waals surface area contributed by atoms with E-state index >= 15 is 0 Å². The Hall–Kier alpha value is -1.13. The van der Waals surface area contributed by atoms with E-state index in [1.165, 1.54) is 17.8 Å².